The van der Waals surface area contributed by atoms with Crippen molar-refractivity contribution in [3.63, 3.8) is 0 Å². The van der Waals surface area contributed by atoms with E-state index in [4.69, 9.17) is 0 Å². The summed E-state index contributed by atoms with van der Waals surface area (Å²) in [5.74, 6) is 0.553. The van der Waals surface area contributed by atoms with Gasteiger partial charge >= 0.3 is 0 Å². The van der Waals surface area contributed by atoms with Crippen molar-refractivity contribution in [1.29, 1.82) is 0 Å². The van der Waals surface area contributed by atoms with Gasteiger partial charge in [-0.15, -0.1) is 0 Å². The molecular formula is C19H30BN3OY-. The van der Waals surface area contributed by atoms with Crippen molar-refractivity contribution in [2.75, 3.05) is 12.4 Å². The van der Waals surface area contributed by atoms with Crippen LogP contribution >= 0.6 is 0 Å². The van der Waals surface area contributed by atoms with E-state index in [9.17, 15) is 4.79 Å². The van der Waals surface area contributed by atoms with Gasteiger partial charge < -0.3 is 10.1 Å². The minimum atomic E-state index is 0. The summed E-state index contributed by atoms with van der Waals surface area (Å²) in [6.07, 6.45) is 1.91. The number of Topliss-reactive ketones (excluding diaryl/α,β-unsaturated/α-hetero) is 1. The number of ketones is 1. The molecule has 0 saturated carbocycles. The molecule has 1 N–H and O–H groups in total. The molecule has 2 aromatic rings. The first-order chi connectivity index (χ1) is 11.3. The van der Waals surface area contributed by atoms with Gasteiger partial charge in [0.1, 0.15) is 5.78 Å². The number of hydrogen-bond donors (Lipinski definition) is 1. The van der Waals surface area contributed by atoms with Crippen LogP contribution in [-0.2, 0) is 39.1 Å². The molecule has 6 heteroatoms. The Morgan fingerprint density at radius 1 is 1.12 bits per heavy atom. The van der Waals surface area contributed by atoms with Crippen LogP contribution < -0.4 is 5.32 Å². The van der Waals surface area contributed by atoms with Crippen LogP contribution in [-0.4, -0.2) is 31.2 Å². The summed E-state index contributed by atoms with van der Waals surface area (Å²) in [5.41, 5.74) is 1.36. The predicted molar refractivity (Wildman–Crippen MR) is 105 cm³/mol. The summed E-state index contributed by atoms with van der Waals surface area (Å²) < 4.78 is 0. The van der Waals surface area contributed by atoms with Gasteiger partial charge in [-0.25, -0.2) is 9.97 Å². The van der Waals surface area contributed by atoms with Crippen LogP contribution in [0.3, 0.4) is 0 Å². The predicted octanol–water partition coefficient (Wildman–Crippen LogP) is 4.44. The zero-order chi connectivity index (χ0) is 18.1. The second kappa shape index (κ2) is 22.9. The van der Waals surface area contributed by atoms with Gasteiger partial charge in [-0.3, -0.25) is 0 Å². The van der Waals surface area contributed by atoms with Gasteiger partial charge in [-0.2, -0.15) is 30.3 Å². The normalized spacial score (nSPS) is 7.48. The van der Waals surface area contributed by atoms with E-state index in [1.54, 1.807) is 43.6 Å². The van der Waals surface area contributed by atoms with Crippen molar-refractivity contribution in [3.05, 3.63) is 53.9 Å². The summed E-state index contributed by atoms with van der Waals surface area (Å²) in [5, 5.41) is 2.84. The van der Waals surface area contributed by atoms with E-state index in [1.165, 1.54) is 0 Å². The van der Waals surface area contributed by atoms with Crippen molar-refractivity contribution >= 4 is 20.1 Å². The molecule has 0 spiro atoms. The molecule has 1 aromatic heterocycles. The molecule has 0 unspecified atom stereocenters. The van der Waals surface area contributed by atoms with Crippen LogP contribution in [0.5, 0.6) is 0 Å². The summed E-state index contributed by atoms with van der Waals surface area (Å²) >= 11 is 0. The minimum Gasteiger partial charge on any atom is -0.357 e. The maximum atomic E-state index is 11.9. The first kappa shape index (κ1) is 31.7. The van der Waals surface area contributed by atoms with E-state index in [2.05, 4.69) is 21.4 Å². The van der Waals surface area contributed by atoms with E-state index in [1.807, 2.05) is 41.5 Å². The molecule has 0 fully saturated rings. The van der Waals surface area contributed by atoms with Crippen LogP contribution in [0.15, 0.2) is 36.5 Å². The van der Waals surface area contributed by atoms with Gasteiger partial charge in [0.05, 0.1) is 5.69 Å². The molecule has 0 aliphatic rings. The Labute approximate surface area is 181 Å². The van der Waals surface area contributed by atoms with Gasteiger partial charge in [0.15, 0.2) is 0 Å². The van der Waals surface area contributed by atoms with E-state index < -0.39 is 0 Å². The summed E-state index contributed by atoms with van der Waals surface area (Å²) in [4.78, 5) is 20.1. The van der Waals surface area contributed by atoms with E-state index in [0.29, 0.717) is 17.2 Å². The van der Waals surface area contributed by atoms with Gasteiger partial charge in [0, 0.05) is 60.8 Å². The molecule has 0 aliphatic heterocycles. The van der Waals surface area contributed by atoms with Gasteiger partial charge in [0.25, 0.3) is 0 Å². The second-order valence-corrected chi connectivity index (χ2v) is 3.51. The second-order valence-electron chi connectivity index (χ2n) is 3.51. The molecule has 1 heterocycles. The Bertz CT molecular complexity index is 525. The van der Waals surface area contributed by atoms with Gasteiger partial charge in [0.2, 0.25) is 5.95 Å². The fourth-order valence-electron chi connectivity index (χ4n) is 1.45. The fraction of sp³-hybridized carbons (Fsp3) is 0.421. The van der Waals surface area contributed by atoms with Gasteiger partial charge in [-0.05, 0) is 6.07 Å². The summed E-state index contributed by atoms with van der Waals surface area (Å²) in [6.45, 7) is 12.0. The van der Waals surface area contributed by atoms with Gasteiger partial charge in [-0.1, -0.05) is 47.1 Å². The zero-order valence-electron chi connectivity index (χ0n) is 16.6. The van der Waals surface area contributed by atoms with Crippen LogP contribution in [0, 0.1) is 6.07 Å². The number of hydrogen-bond acceptors (Lipinski definition) is 4. The Balaban J connectivity index is -0.000000250. The first-order valence-electron chi connectivity index (χ1n) is 8.28. The van der Waals surface area contributed by atoms with E-state index in [0.717, 1.165) is 0 Å². The molecule has 0 aliphatic carbocycles. The minimum absolute atomic E-state index is 0. The molecule has 134 valence electrons. The summed E-state index contributed by atoms with van der Waals surface area (Å²) in [6, 6.07) is 11.6. The monoisotopic (exact) mass is 416 g/mol. The fourth-order valence-corrected chi connectivity index (χ4v) is 1.45. The van der Waals surface area contributed by atoms with Crippen LogP contribution in [0.2, 0.25) is 0 Å². The number of benzene rings is 1. The SMILES string of the molecule is CC.CC.CC.CNc1nccc(CC(=O)c2c[c-]ccc2)n1.[B].[Y]. The largest absolute Gasteiger partial charge is 0.357 e. The number of anilines is 1. The maximum Gasteiger partial charge on any atom is 0.222 e. The van der Waals surface area contributed by atoms with Crippen molar-refractivity contribution in [2.24, 2.45) is 0 Å². The molecule has 4 nitrogen and oxygen atoms in total. The first-order valence-corrected chi connectivity index (χ1v) is 8.28. The van der Waals surface area contributed by atoms with Crippen molar-refractivity contribution in [1.82, 2.24) is 9.97 Å². The average molecular weight is 416 g/mol. The molecular weight excluding hydrogens is 386 g/mol. The topological polar surface area (TPSA) is 54.9 Å². The Morgan fingerprint density at radius 3 is 2.20 bits per heavy atom. The van der Waals surface area contributed by atoms with Crippen LogP contribution in [0.4, 0.5) is 5.95 Å². The van der Waals surface area contributed by atoms with Crippen molar-refractivity contribution in [3.8, 4) is 0 Å². The molecule has 4 radical (unpaired) electrons. The Hall–Kier alpha value is -1.06. The maximum absolute atomic E-state index is 11.9. The number of carbonyl (C=O) groups is 1. The molecule has 0 saturated heterocycles. The van der Waals surface area contributed by atoms with E-state index >= 15 is 0 Å². The number of carbonyl (C=O) groups excluding carboxylic acids is 1. The third-order valence-corrected chi connectivity index (χ3v) is 2.31. The molecule has 2 rings (SSSR count). The average Bonchev–Trinajstić information content (AvgIpc) is 2.67. The molecule has 0 bridgehead atoms. The quantitative estimate of drug-likeness (QED) is 0.455. The molecule has 0 amide bonds. The van der Waals surface area contributed by atoms with Crippen molar-refractivity contribution < 1.29 is 37.5 Å². The van der Waals surface area contributed by atoms with Crippen LogP contribution in [0.25, 0.3) is 0 Å². The number of aromatic nitrogens is 2. The standard InChI is InChI=1S/C13H12N3O.3C2H6.B.Y/c1-14-13-15-8-7-11(16-13)9-12(17)10-5-3-2-4-6-10;3*1-2;;/h2-3,5-8H,9H2,1H3,(H,14,15,16);3*1-2H3;;/q-1;;;;;. The molecule has 1 aromatic carbocycles. The number of rotatable bonds is 4. The molecule has 25 heavy (non-hydrogen) atoms. The number of nitrogens with one attached hydrogen (secondary N) is 1. The third-order valence-electron chi connectivity index (χ3n) is 2.31. The van der Waals surface area contributed by atoms with Crippen molar-refractivity contribution in [2.45, 2.75) is 48.0 Å². The van der Waals surface area contributed by atoms with E-state index in [-0.39, 0.29) is 53.3 Å². The Kier molecular flexibility index (Phi) is 29.1. The third kappa shape index (κ3) is 13.9. The van der Waals surface area contributed by atoms with Crippen LogP contribution in [0.1, 0.15) is 57.6 Å². The smallest absolute Gasteiger partial charge is 0.222 e. The number of nitrogens with zero attached hydrogens (tertiary/aromatic N) is 2. The summed E-state index contributed by atoms with van der Waals surface area (Å²) in [7, 11) is 1.74. The zero-order valence-corrected chi connectivity index (χ0v) is 19.5. The molecule has 0 atom stereocenters. The Morgan fingerprint density at radius 2 is 1.72 bits per heavy atom.